The highest BCUT2D eigenvalue weighted by Gasteiger charge is 2.06. The summed E-state index contributed by atoms with van der Waals surface area (Å²) in [4.78, 5) is 16.2. The summed E-state index contributed by atoms with van der Waals surface area (Å²) in [7, 11) is 0. The fourth-order valence-electron chi connectivity index (χ4n) is 1.90. The van der Waals surface area contributed by atoms with E-state index in [4.69, 9.17) is 0 Å². The van der Waals surface area contributed by atoms with Gasteiger partial charge in [-0.05, 0) is 31.2 Å². The lowest BCUT2D eigenvalue weighted by Gasteiger charge is -2.06. The summed E-state index contributed by atoms with van der Waals surface area (Å²) in [5, 5.41) is 2.87. The van der Waals surface area contributed by atoms with E-state index in [9.17, 15) is 4.79 Å². The Bertz CT molecular complexity index is 728. The first-order valence-corrected chi connectivity index (χ1v) is 6.03. The molecule has 2 aromatic heterocycles. The van der Waals surface area contributed by atoms with Gasteiger partial charge in [0.2, 0.25) is 0 Å². The number of aryl methyl sites for hydroxylation is 1. The van der Waals surface area contributed by atoms with E-state index in [-0.39, 0.29) is 5.91 Å². The summed E-state index contributed by atoms with van der Waals surface area (Å²) in [6.07, 6.45) is 5.41. The van der Waals surface area contributed by atoms with Crippen molar-refractivity contribution in [3.05, 3.63) is 66.1 Å². The van der Waals surface area contributed by atoms with Crippen LogP contribution in [-0.4, -0.2) is 15.3 Å². The summed E-state index contributed by atoms with van der Waals surface area (Å²) >= 11 is 0. The predicted molar refractivity (Wildman–Crippen MR) is 74.3 cm³/mol. The van der Waals surface area contributed by atoms with Crippen LogP contribution >= 0.6 is 0 Å². The molecule has 3 aromatic rings. The highest BCUT2D eigenvalue weighted by atomic mass is 16.1. The maximum absolute atomic E-state index is 12.1. The summed E-state index contributed by atoms with van der Waals surface area (Å²) in [6.45, 7) is 1.99. The maximum Gasteiger partial charge on any atom is 0.255 e. The molecule has 1 amide bonds. The molecule has 4 nitrogen and oxygen atoms in total. The minimum absolute atomic E-state index is 0.112. The Morgan fingerprint density at radius 1 is 1.16 bits per heavy atom. The van der Waals surface area contributed by atoms with Crippen LogP contribution in [0.25, 0.3) is 5.65 Å². The smallest absolute Gasteiger partial charge is 0.255 e. The average Bonchev–Trinajstić information content (AvgIpc) is 2.87. The lowest BCUT2D eigenvalue weighted by Crippen LogP contribution is -2.12. The standard InChI is InChI=1S/C15H13N3O/c1-11-2-4-12(5-3-11)15(19)17-13-6-7-14-16-8-9-18(14)10-13/h2-10H,1H3,(H,17,19). The van der Waals surface area contributed by atoms with Gasteiger partial charge in [-0.1, -0.05) is 17.7 Å². The first kappa shape index (κ1) is 11.5. The number of anilines is 1. The molecule has 0 aliphatic heterocycles. The number of pyridine rings is 1. The molecule has 2 heterocycles. The third-order valence-corrected chi connectivity index (χ3v) is 2.96. The van der Waals surface area contributed by atoms with E-state index in [0.29, 0.717) is 5.56 Å². The van der Waals surface area contributed by atoms with E-state index in [1.165, 1.54) is 0 Å². The van der Waals surface area contributed by atoms with Gasteiger partial charge in [0.1, 0.15) is 5.65 Å². The third kappa shape index (κ3) is 2.33. The fourth-order valence-corrected chi connectivity index (χ4v) is 1.90. The number of amides is 1. The van der Waals surface area contributed by atoms with Crippen molar-refractivity contribution in [3.63, 3.8) is 0 Å². The van der Waals surface area contributed by atoms with E-state index >= 15 is 0 Å². The van der Waals surface area contributed by atoms with Crippen molar-refractivity contribution in [2.45, 2.75) is 6.92 Å². The van der Waals surface area contributed by atoms with E-state index in [2.05, 4.69) is 10.3 Å². The van der Waals surface area contributed by atoms with E-state index in [0.717, 1.165) is 16.9 Å². The van der Waals surface area contributed by atoms with Crippen LogP contribution < -0.4 is 5.32 Å². The average molecular weight is 251 g/mol. The van der Waals surface area contributed by atoms with Gasteiger partial charge in [-0.25, -0.2) is 4.98 Å². The van der Waals surface area contributed by atoms with Crippen LogP contribution in [0.4, 0.5) is 5.69 Å². The number of nitrogens with one attached hydrogen (secondary N) is 1. The number of rotatable bonds is 2. The lowest BCUT2D eigenvalue weighted by atomic mass is 10.1. The molecule has 1 N–H and O–H groups in total. The van der Waals surface area contributed by atoms with Crippen LogP contribution in [0.2, 0.25) is 0 Å². The molecule has 0 spiro atoms. The second-order valence-electron chi connectivity index (χ2n) is 4.43. The second-order valence-corrected chi connectivity index (χ2v) is 4.43. The van der Waals surface area contributed by atoms with Gasteiger partial charge in [-0.3, -0.25) is 4.79 Å². The SMILES string of the molecule is Cc1ccc(C(=O)Nc2ccc3nccn3c2)cc1. The van der Waals surface area contributed by atoms with Gasteiger partial charge < -0.3 is 9.72 Å². The highest BCUT2D eigenvalue weighted by molar-refractivity contribution is 6.04. The number of benzene rings is 1. The monoisotopic (exact) mass is 251 g/mol. The number of carbonyl (C=O) groups is 1. The van der Waals surface area contributed by atoms with E-state index in [1.807, 2.05) is 60.1 Å². The number of imidazole rings is 1. The van der Waals surface area contributed by atoms with Gasteiger partial charge >= 0.3 is 0 Å². The molecule has 3 rings (SSSR count). The third-order valence-electron chi connectivity index (χ3n) is 2.96. The molecule has 0 aliphatic carbocycles. The molecule has 94 valence electrons. The molecule has 19 heavy (non-hydrogen) atoms. The van der Waals surface area contributed by atoms with Crippen LogP contribution in [0.3, 0.4) is 0 Å². The number of fused-ring (bicyclic) bond motifs is 1. The van der Waals surface area contributed by atoms with Gasteiger partial charge in [0.15, 0.2) is 0 Å². The number of hydrogen-bond donors (Lipinski definition) is 1. The van der Waals surface area contributed by atoms with Gasteiger partial charge in [0, 0.05) is 24.2 Å². The summed E-state index contributed by atoms with van der Waals surface area (Å²) < 4.78 is 1.87. The molecule has 0 saturated carbocycles. The predicted octanol–water partition coefficient (Wildman–Crippen LogP) is 2.90. The zero-order valence-electron chi connectivity index (χ0n) is 10.5. The Balaban J connectivity index is 1.83. The molecule has 0 bridgehead atoms. The Labute approximate surface area is 110 Å². The van der Waals surface area contributed by atoms with Crippen molar-refractivity contribution in [2.24, 2.45) is 0 Å². The molecule has 1 aromatic carbocycles. The normalized spacial score (nSPS) is 10.6. The van der Waals surface area contributed by atoms with Crippen LogP contribution in [0.15, 0.2) is 55.0 Å². The molecular weight excluding hydrogens is 238 g/mol. The Hall–Kier alpha value is -2.62. The molecule has 0 aliphatic rings. The minimum atomic E-state index is -0.112. The Kier molecular flexibility index (Phi) is 2.76. The Morgan fingerprint density at radius 3 is 2.74 bits per heavy atom. The van der Waals surface area contributed by atoms with Crippen LogP contribution in [0.5, 0.6) is 0 Å². The largest absolute Gasteiger partial charge is 0.321 e. The van der Waals surface area contributed by atoms with Gasteiger partial charge in [0.25, 0.3) is 5.91 Å². The number of hydrogen-bond acceptors (Lipinski definition) is 2. The van der Waals surface area contributed by atoms with Crippen LogP contribution in [-0.2, 0) is 0 Å². The first-order chi connectivity index (χ1) is 9.22. The van der Waals surface area contributed by atoms with Crippen molar-refractivity contribution in [3.8, 4) is 0 Å². The quantitative estimate of drug-likeness (QED) is 0.761. The summed E-state index contributed by atoms with van der Waals surface area (Å²) in [6, 6.07) is 11.2. The minimum Gasteiger partial charge on any atom is -0.321 e. The van der Waals surface area contributed by atoms with Crippen molar-refractivity contribution in [1.82, 2.24) is 9.38 Å². The molecule has 0 radical (unpaired) electrons. The van der Waals surface area contributed by atoms with E-state index < -0.39 is 0 Å². The molecule has 0 saturated heterocycles. The van der Waals surface area contributed by atoms with Crippen LogP contribution in [0.1, 0.15) is 15.9 Å². The van der Waals surface area contributed by atoms with Gasteiger partial charge in [0.05, 0.1) is 5.69 Å². The maximum atomic E-state index is 12.1. The number of aromatic nitrogens is 2. The summed E-state index contributed by atoms with van der Waals surface area (Å²) in [5.74, 6) is -0.112. The zero-order valence-corrected chi connectivity index (χ0v) is 10.5. The molecule has 0 unspecified atom stereocenters. The topological polar surface area (TPSA) is 46.4 Å². The Morgan fingerprint density at radius 2 is 1.95 bits per heavy atom. The summed E-state index contributed by atoms with van der Waals surface area (Å²) in [5.41, 5.74) is 3.39. The van der Waals surface area contributed by atoms with Crippen molar-refractivity contribution in [2.75, 3.05) is 5.32 Å². The molecule has 0 atom stereocenters. The first-order valence-electron chi connectivity index (χ1n) is 6.03. The number of nitrogens with zero attached hydrogens (tertiary/aromatic N) is 2. The molecule has 0 fully saturated rings. The number of carbonyl (C=O) groups excluding carboxylic acids is 1. The fraction of sp³-hybridized carbons (Fsp3) is 0.0667. The molecule has 4 heteroatoms. The lowest BCUT2D eigenvalue weighted by molar-refractivity contribution is 0.102. The zero-order chi connectivity index (χ0) is 13.2. The molecular formula is C15H13N3O. The van der Waals surface area contributed by atoms with Crippen molar-refractivity contribution < 1.29 is 4.79 Å². The van der Waals surface area contributed by atoms with E-state index in [1.54, 1.807) is 6.20 Å². The van der Waals surface area contributed by atoms with Crippen LogP contribution in [0, 0.1) is 6.92 Å². The van der Waals surface area contributed by atoms with Crippen molar-refractivity contribution in [1.29, 1.82) is 0 Å². The van der Waals surface area contributed by atoms with Gasteiger partial charge in [-0.2, -0.15) is 0 Å². The highest BCUT2D eigenvalue weighted by Crippen LogP contribution is 2.12. The second kappa shape index (κ2) is 4.57. The van der Waals surface area contributed by atoms with Crippen molar-refractivity contribution >= 4 is 17.2 Å². The van der Waals surface area contributed by atoms with Gasteiger partial charge in [-0.15, -0.1) is 0 Å².